The lowest BCUT2D eigenvalue weighted by Crippen LogP contribution is -2.13. The monoisotopic (exact) mass is 437 g/mol. The van der Waals surface area contributed by atoms with Gasteiger partial charge in [-0.2, -0.15) is 0 Å². The summed E-state index contributed by atoms with van der Waals surface area (Å²) in [7, 11) is 1.60. The van der Waals surface area contributed by atoms with E-state index in [9.17, 15) is 4.79 Å². The van der Waals surface area contributed by atoms with E-state index >= 15 is 0 Å². The molecule has 0 fully saturated rings. The number of hydrogen-bond donors (Lipinski definition) is 1. The molecule has 0 aliphatic heterocycles. The van der Waals surface area contributed by atoms with Gasteiger partial charge in [0.15, 0.2) is 0 Å². The van der Waals surface area contributed by atoms with Crippen LogP contribution in [-0.2, 0) is 13.0 Å². The van der Waals surface area contributed by atoms with E-state index in [0.29, 0.717) is 22.1 Å². The molecule has 3 rings (SSSR count). The molecular weight excluding hydrogens is 410 g/mol. The molecule has 0 atom stereocenters. The Balaban J connectivity index is 1.69. The van der Waals surface area contributed by atoms with Gasteiger partial charge in [0.2, 0.25) is 0 Å². The molecule has 0 bridgehead atoms. The molecule has 0 spiro atoms. The minimum Gasteiger partial charge on any atom is -0.496 e. The first-order valence-electron chi connectivity index (χ1n) is 10.5. The first-order chi connectivity index (χ1) is 15.0. The van der Waals surface area contributed by atoms with Gasteiger partial charge in [0.25, 0.3) is 5.91 Å². The Morgan fingerprint density at radius 2 is 1.81 bits per heavy atom. The number of unbranched alkanes of at least 4 members (excludes halogenated alkanes) is 1. The average Bonchev–Trinajstić information content (AvgIpc) is 2.79. The van der Waals surface area contributed by atoms with Crippen LogP contribution in [0.5, 0.6) is 11.5 Å². The van der Waals surface area contributed by atoms with Crippen LogP contribution in [0.25, 0.3) is 0 Å². The summed E-state index contributed by atoms with van der Waals surface area (Å²) >= 11 is 6.08. The quantitative estimate of drug-likeness (QED) is 0.399. The van der Waals surface area contributed by atoms with Crippen molar-refractivity contribution in [2.45, 2.75) is 39.7 Å². The van der Waals surface area contributed by atoms with E-state index in [1.54, 1.807) is 31.4 Å². The molecule has 5 heteroatoms. The zero-order valence-corrected chi connectivity index (χ0v) is 19.0. The molecule has 0 radical (unpaired) electrons. The topological polar surface area (TPSA) is 47.6 Å². The van der Waals surface area contributed by atoms with E-state index in [4.69, 9.17) is 21.1 Å². The smallest absolute Gasteiger partial charge is 0.255 e. The second kappa shape index (κ2) is 10.9. The van der Waals surface area contributed by atoms with Crippen LogP contribution in [0.3, 0.4) is 0 Å². The second-order valence-electron chi connectivity index (χ2n) is 7.48. The molecule has 3 aromatic rings. The molecule has 3 aromatic carbocycles. The number of methoxy groups -OCH3 is 1. The summed E-state index contributed by atoms with van der Waals surface area (Å²) in [5, 5.41) is 3.65. The van der Waals surface area contributed by atoms with Crippen molar-refractivity contribution in [2.24, 2.45) is 0 Å². The summed E-state index contributed by atoms with van der Waals surface area (Å²) in [6.45, 7) is 4.38. The second-order valence-corrected chi connectivity index (χ2v) is 7.89. The highest BCUT2D eigenvalue weighted by molar-refractivity contribution is 6.31. The molecule has 0 aromatic heterocycles. The van der Waals surface area contributed by atoms with E-state index in [-0.39, 0.29) is 12.5 Å². The van der Waals surface area contributed by atoms with E-state index in [2.05, 4.69) is 24.4 Å². The zero-order chi connectivity index (χ0) is 22.2. The first kappa shape index (κ1) is 22.7. The van der Waals surface area contributed by atoms with Crippen molar-refractivity contribution in [3.63, 3.8) is 0 Å². The van der Waals surface area contributed by atoms with E-state index in [1.165, 1.54) is 12.0 Å². The number of ether oxygens (including phenoxy) is 2. The maximum Gasteiger partial charge on any atom is 0.255 e. The molecule has 0 heterocycles. The predicted molar refractivity (Wildman–Crippen MR) is 127 cm³/mol. The Morgan fingerprint density at radius 1 is 1.03 bits per heavy atom. The number of carbonyl (C=O) groups is 1. The Hall–Kier alpha value is -2.98. The van der Waals surface area contributed by atoms with E-state index in [0.717, 1.165) is 29.7 Å². The van der Waals surface area contributed by atoms with Crippen molar-refractivity contribution in [3.05, 3.63) is 87.9 Å². The van der Waals surface area contributed by atoms with Gasteiger partial charge in [0.1, 0.15) is 18.1 Å². The summed E-state index contributed by atoms with van der Waals surface area (Å²) in [5.74, 6) is 1.21. The molecule has 4 nitrogen and oxygen atoms in total. The number of benzene rings is 3. The van der Waals surface area contributed by atoms with Crippen LogP contribution in [0, 0.1) is 6.92 Å². The van der Waals surface area contributed by atoms with Gasteiger partial charge in [-0.3, -0.25) is 4.79 Å². The standard InChI is InChI=1S/C26H28ClNO3/c1-4-5-6-19-7-10-22(11-8-19)28-26(29)20-9-14-25(30-3)21(16-20)17-31-23-12-13-24(27)18(2)15-23/h7-16H,4-6,17H2,1-3H3,(H,28,29). The van der Waals surface area contributed by atoms with Crippen molar-refractivity contribution in [1.29, 1.82) is 0 Å². The molecule has 0 saturated heterocycles. The summed E-state index contributed by atoms with van der Waals surface area (Å²) < 4.78 is 11.3. The van der Waals surface area contributed by atoms with Crippen LogP contribution >= 0.6 is 11.6 Å². The molecule has 0 aliphatic rings. The number of nitrogens with one attached hydrogen (secondary N) is 1. The van der Waals surface area contributed by atoms with Gasteiger partial charge in [0, 0.05) is 21.8 Å². The minimum absolute atomic E-state index is 0.174. The van der Waals surface area contributed by atoms with Gasteiger partial charge in [-0.1, -0.05) is 37.1 Å². The Labute approximate surface area is 189 Å². The van der Waals surface area contributed by atoms with Gasteiger partial charge in [-0.15, -0.1) is 0 Å². The predicted octanol–water partition coefficient (Wildman–Crippen LogP) is 6.83. The third-order valence-corrected chi connectivity index (χ3v) is 5.52. The molecule has 31 heavy (non-hydrogen) atoms. The maximum atomic E-state index is 12.8. The lowest BCUT2D eigenvalue weighted by Gasteiger charge is -2.13. The van der Waals surface area contributed by atoms with E-state index < -0.39 is 0 Å². The Kier molecular flexibility index (Phi) is 7.96. The summed E-state index contributed by atoms with van der Waals surface area (Å²) in [6.07, 6.45) is 3.39. The highest BCUT2D eigenvalue weighted by Crippen LogP contribution is 2.25. The SMILES string of the molecule is CCCCc1ccc(NC(=O)c2ccc(OC)c(COc3ccc(Cl)c(C)c3)c2)cc1. The van der Waals surface area contributed by atoms with Crippen LogP contribution in [0.1, 0.15) is 46.8 Å². The van der Waals surface area contributed by atoms with Crippen molar-refractivity contribution >= 4 is 23.2 Å². The lowest BCUT2D eigenvalue weighted by atomic mass is 10.1. The Morgan fingerprint density at radius 3 is 2.48 bits per heavy atom. The van der Waals surface area contributed by atoms with Crippen LogP contribution in [0.2, 0.25) is 5.02 Å². The highest BCUT2D eigenvalue weighted by Gasteiger charge is 2.12. The number of hydrogen-bond acceptors (Lipinski definition) is 3. The molecular formula is C26H28ClNO3. The van der Waals surface area contributed by atoms with E-state index in [1.807, 2.05) is 31.2 Å². The fraction of sp³-hybridized carbons (Fsp3) is 0.269. The van der Waals surface area contributed by atoms with Gasteiger partial charge in [0.05, 0.1) is 7.11 Å². The number of halogens is 1. The van der Waals surface area contributed by atoms with Crippen LogP contribution < -0.4 is 14.8 Å². The summed E-state index contributed by atoms with van der Waals surface area (Å²) in [4.78, 5) is 12.8. The van der Waals surface area contributed by atoms with Gasteiger partial charge in [-0.05, 0) is 79.4 Å². The molecule has 1 N–H and O–H groups in total. The van der Waals surface area contributed by atoms with Crippen LogP contribution in [0.15, 0.2) is 60.7 Å². The normalized spacial score (nSPS) is 10.6. The Bertz CT molecular complexity index is 1030. The molecule has 162 valence electrons. The maximum absolute atomic E-state index is 12.8. The fourth-order valence-corrected chi connectivity index (χ4v) is 3.36. The number of aryl methyl sites for hydroxylation is 2. The van der Waals surface area contributed by atoms with Gasteiger partial charge < -0.3 is 14.8 Å². The summed E-state index contributed by atoms with van der Waals surface area (Å²) in [5.41, 5.74) is 4.33. The van der Waals surface area contributed by atoms with Gasteiger partial charge in [-0.25, -0.2) is 0 Å². The van der Waals surface area contributed by atoms with Gasteiger partial charge >= 0.3 is 0 Å². The number of rotatable bonds is 9. The van der Waals surface area contributed by atoms with Crippen molar-refractivity contribution in [2.75, 3.05) is 12.4 Å². The highest BCUT2D eigenvalue weighted by atomic mass is 35.5. The van der Waals surface area contributed by atoms with Crippen LogP contribution in [-0.4, -0.2) is 13.0 Å². The lowest BCUT2D eigenvalue weighted by molar-refractivity contribution is 0.102. The third kappa shape index (κ3) is 6.25. The largest absolute Gasteiger partial charge is 0.496 e. The van der Waals surface area contributed by atoms with Crippen molar-refractivity contribution < 1.29 is 14.3 Å². The first-order valence-corrected chi connectivity index (χ1v) is 10.8. The fourth-order valence-electron chi connectivity index (χ4n) is 3.24. The molecule has 1 amide bonds. The number of carbonyl (C=O) groups excluding carboxylic acids is 1. The molecule has 0 unspecified atom stereocenters. The number of anilines is 1. The summed E-state index contributed by atoms with van der Waals surface area (Å²) in [6, 6.07) is 18.9. The number of amides is 1. The zero-order valence-electron chi connectivity index (χ0n) is 18.2. The van der Waals surface area contributed by atoms with Crippen molar-refractivity contribution in [1.82, 2.24) is 0 Å². The average molecular weight is 438 g/mol. The molecule has 0 aliphatic carbocycles. The minimum atomic E-state index is -0.174. The molecule has 0 saturated carbocycles. The van der Waals surface area contributed by atoms with Crippen LogP contribution in [0.4, 0.5) is 5.69 Å². The van der Waals surface area contributed by atoms with Crippen molar-refractivity contribution in [3.8, 4) is 11.5 Å². The third-order valence-electron chi connectivity index (χ3n) is 5.10.